The van der Waals surface area contributed by atoms with E-state index in [0.29, 0.717) is 33.2 Å². The molecule has 0 aliphatic carbocycles. The van der Waals surface area contributed by atoms with E-state index in [2.05, 4.69) is 4.98 Å². The van der Waals surface area contributed by atoms with Crippen LogP contribution in [0.15, 0.2) is 46.3 Å². The van der Waals surface area contributed by atoms with Gasteiger partial charge in [-0.25, -0.2) is 4.98 Å². The van der Waals surface area contributed by atoms with E-state index in [-0.39, 0.29) is 23.0 Å². The fourth-order valence-corrected chi connectivity index (χ4v) is 4.21. The van der Waals surface area contributed by atoms with Crippen LogP contribution in [0.5, 0.6) is 0 Å². The Morgan fingerprint density at radius 2 is 1.93 bits per heavy atom. The molecule has 0 saturated carbocycles. The molecule has 1 aromatic heterocycles. The SMILES string of the molecule is Cc1ccc(C(=O)CSc2nc3ccc(Cl)cc3c(=O)n2CC(C)C)c(C)c1. The Morgan fingerprint density at radius 3 is 2.61 bits per heavy atom. The Balaban J connectivity index is 1.96. The predicted molar refractivity (Wildman–Crippen MR) is 117 cm³/mol. The minimum absolute atomic E-state index is 0.0315. The van der Waals surface area contributed by atoms with Crippen molar-refractivity contribution in [1.82, 2.24) is 9.55 Å². The van der Waals surface area contributed by atoms with E-state index in [9.17, 15) is 9.59 Å². The summed E-state index contributed by atoms with van der Waals surface area (Å²) in [6.07, 6.45) is 0. The second kappa shape index (κ2) is 8.50. The summed E-state index contributed by atoms with van der Waals surface area (Å²) in [5, 5.41) is 1.57. The topological polar surface area (TPSA) is 52.0 Å². The molecule has 0 atom stereocenters. The van der Waals surface area contributed by atoms with E-state index in [4.69, 9.17) is 11.6 Å². The third-order valence-electron chi connectivity index (χ3n) is 4.44. The highest BCUT2D eigenvalue weighted by atomic mass is 35.5. The van der Waals surface area contributed by atoms with Crippen LogP contribution in [0.2, 0.25) is 5.02 Å². The number of carbonyl (C=O) groups is 1. The average Bonchev–Trinajstić information content (AvgIpc) is 2.62. The van der Waals surface area contributed by atoms with Crippen LogP contribution in [-0.2, 0) is 6.54 Å². The predicted octanol–water partition coefficient (Wildman–Crippen LogP) is 5.30. The Labute approximate surface area is 173 Å². The molecular weight excluding hydrogens is 392 g/mol. The van der Waals surface area contributed by atoms with Gasteiger partial charge >= 0.3 is 0 Å². The number of nitrogens with zero attached hydrogens (tertiary/aromatic N) is 2. The number of ketones is 1. The molecule has 0 N–H and O–H groups in total. The molecule has 28 heavy (non-hydrogen) atoms. The van der Waals surface area contributed by atoms with Crippen LogP contribution < -0.4 is 5.56 Å². The second-order valence-electron chi connectivity index (χ2n) is 7.40. The summed E-state index contributed by atoms with van der Waals surface area (Å²) >= 11 is 7.37. The third-order valence-corrected chi connectivity index (χ3v) is 5.66. The van der Waals surface area contributed by atoms with Crippen molar-refractivity contribution in [2.45, 2.75) is 39.4 Å². The maximum absolute atomic E-state index is 13.0. The number of carbonyl (C=O) groups excluding carboxylic acids is 1. The molecule has 3 aromatic rings. The molecule has 0 saturated heterocycles. The normalized spacial score (nSPS) is 11.4. The maximum Gasteiger partial charge on any atom is 0.262 e. The van der Waals surface area contributed by atoms with Gasteiger partial charge in [0.25, 0.3) is 5.56 Å². The van der Waals surface area contributed by atoms with Gasteiger partial charge in [0, 0.05) is 17.1 Å². The third kappa shape index (κ3) is 4.47. The van der Waals surface area contributed by atoms with Gasteiger partial charge in [-0.2, -0.15) is 0 Å². The molecule has 0 aliphatic rings. The average molecular weight is 415 g/mol. The molecule has 3 rings (SSSR count). The van der Waals surface area contributed by atoms with Crippen molar-refractivity contribution in [2.75, 3.05) is 5.75 Å². The lowest BCUT2D eigenvalue weighted by molar-refractivity contribution is 0.102. The Bertz CT molecular complexity index is 1110. The van der Waals surface area contributed by atoms with Gasteiger partial charge in [-0.05, 0) is 43.5 Å². The summed E-state index contributed by atoms with van der Waals surface area (Å²) in [7, 11) is 0. The zero-order valence-corrected chi connectivity index (χ0v) is 18.0. The Hall–Kier alpha value is -2.11. The van der Waals surface area contributed by atoms with Gasteiger partial charge in [0.15, 0.2) is 10.9 Å². The fourth-order valence-electron chi connectivity index (χ4n) is 3.14. The summed E-state index contributed by atoms with van der Waals surface area (Å²) < 4.78 is 1.66. The first-order valence-corrected chi connectivity index (χ1v) is 10.6. The van der Waals surface area contributed by atoms with Crippen LogP contribution in [0.1, 0.15) is 35.3 Å². The van der Waals surface area contributed by atoms with Crippen LogP contribution in [0, 0.1) is 19.8 Å². The molecule has 6 heteroatoms. The molecule has 0 bridgehead atoms. The number of aromatic nitrogens is 2. The minimum Gasteiger partial charge on any atom is -0.293 e. The van der Waals surface area contributed by atoms with E-state index in [0.717, 1.165) is 11.1 Å². The van der Waals surface area contributed by atoms with E-state index in [1.54, 1.807) is 22.8 Å². The van der Waals surface area contributed by atoms with Gasteiger partial charge in [0.05, 0.1) is 16.7 Å². The van der Waals surface area contributed by atoms with Crippen molar-refractivity contribution in [3.8, 4) is 0 Å². The molecule has 2 aromatic carbocycles. The monoisotopic (exact) mass is 414 g/mol. The van der Waals surface area contributed by atoms with Gasteiger partial charge in [-0.15, -0.1) is 0 Å². The number of thioether (sulfide) groups is 1. The molecule has 0 amide bonds. The van der Waals surface area contributed by atoms with Crippen molar-refractivity contribution in [3.05, 3.63) is 68.5 Å². The molecule has 146 valence electrons. The molecule has 4 nitrogen and oxygen atoms in total. The number of fused-ring (bicyclic) bond motifs is 1. The zero-order chi connectivity index (χ0) is 20.4. The van der Waals surface area contributed by atoms with Crippen molar-refractivity contribution in [1.29, 1.82) is 0 Å². The highest BCUT2D eigenvalue weighted by molar-refractivity contribution is 7.99. The van der Waals surface area contributed by atoms with Gasteiger partial charge in [0.1, 0.15) is 0 Å². The number of halogens is 1. The molecule has 0 unspecified atom stereocenters. The lowest BCUT2D eigenvalue weighted by Gasteiger charge is -2.15. The van der Waals surface area contributed by atoms with Crippen molar-refractivity contribution >= 4 is 40.0 Å². The van der Waals surface area contributed by atoms with Crippen LogP contribution in [-0.4, -0.2) is 21.1 Å². The molecule has 0 fully saturated rings. The molecule has 1 heterocycles. The second-order valence-corrected chi connectivity index (χ2v) is 8.77. The van der Waals surface area contributed by atoms with Crippen LogP contribution in [0.4, 0.5) is 0 Å². The molecule has 0 spiro atoms. The molecule has 0 radical (unpaired) electrons. The summed E-state index contributed by atoms with van der Waals surface area (Å²) in [5.74, 6) is 0.530. The maximum atomic E-state index is 13.0. The van der Waals surface area contributed by atoms with Crippen LogP contribution in [0.3, 0.4) is 0 Å². The van der Waals surface area contributed by atoms with E-state index in [1.165, 1.54) is 11.8 Å². The number of hydrogen-bond acceptors (Lipinski definition) is 4. The number of Topliss-reactive ketones (excluding diaryl/α,β-unsaturated/α-hetero) is 1. The van der Waals surface area contributed by atoms with Gasteiger partial charge in [-0.3, -0.25) is 14.2 Å². The lowest BCUT2D eigenvalue weighted by Crippen LogP contribution is -2.25. The lowest BCUT2D eigenvalue weighted by atomic mass is 10.0. The summed E-state index contributed by atoms with van der Waals surface area (Å²) in [6, 6.07) is 10.9. The number of hydrogen-bond donors (Lipinski definition) is 0. The Kier molecular flexibility index (Phi) is 6.26. The first kappa shape index (κ1) is 20.6. The highest BCUT2D eigenvalue weighted by Crippen LogP contribution is 2.23. The van der Waals surface area contributed by atoms with E-state index >= 15 is 0 Å². The number of benzene rings is 2. The summed E-state index contributed by atoms with van der Waals surface area (Å²) in [6.45, 7) is 8.57. The van der Waals surface area contributed by atoms with E-state index < -0.39 is 0 Å². The summed E-state index contributed by atoms with van der Waals surface area (Å²) in [5.41, 5.74) is 3.27. The first-order valence-electron chi connectivity index (χ1n) is 9.19. The fraction of sp³-hybridized carbons (Fsp3) is 0.318. The number of aryl methyl sites for hydroxylation is 2. The highest BCUT2D eigenvalue weighted by Gasteiger charge is 2.16. The van der Waals surface area contributed by atoms with Gasteiger partial charge < -0.3 is 0 Å². The molecular formula is C22H23ClN2O2S. The summed E-state index contributed by atoms with van der Waals surface area (Å²) in [4.78, 5) is 30.4. The van der Waals surface area contributed by atoms with Gasteiger partial charge in [-0.1, -0.05) is 61.0 Å². The first-order chi connectivity index (χ1) is 13.3. The van der Waals surface area contributed by atoms with E-state index in [1.807, 2.05) is 45.9 Å². The van der Waals surface area contributed by atoms with Gasteiger partial charge in [0.2, 0.25) is 0 Å². The quantitative estimate of drug-likeness (QED) is 0.312. The van der Waals surface area contributed by atoms with Crippen molar-refractivity contribution in [3.63, 3.8) is 0 Å². The standard InChI is InChI=1S/C22H23ClN2O2S/c1-13(2)11-25-21(27)18-10-16(23)6-8-19(18)24-22(25)28-12-20(26)17-7-5-14(3)9-15(17)4/h5-10,13H,11-12H2,1-4H3. The van der Waals surface area contributed by atoms with Crippen LogP contribution in [0.25, 0.3) is 10.9 Å². The molecule has 0 aliphatic heterocycles. The van der Waals surface area contributed by atoms with Crippen molar-refractivity contribution in [2.24, 2.45) is 5.92 Å². The largest absolute Gasteiger partial charge is 0.293 e. The minimum atomic E-state index is -0.123. The number of rotatable bonds is 6. The van der Waals surface area contributed by atoms with Crippen molar-refractivity contribution < 1.29 is 4.79 Å². The smallest absolute Gasteiger partial charge is 0.262 e. The van der Waals surface area contributed by atoms with Crippen LogP contribution >= 0.6 is 23.4 Å². The zero-order valence-electron chi connectivity index (χ0n) is 16.5. The Morgan fingerprint density at radius 1 is 1.18 bits per heavy atom.